The topological polar surface area (TPSA) is 41.1 Å². The Morgan fingerprint density at radius 3 is 2.61 bits per heavy atom. The Morgan fingerprint density at radius 1 is 1.39 bits per heavy atom. The van der Waals surface area contributed by atoms with Crippen molar-refractivity contribution in [2.75, 3.05) is 5.32 Å². The van der Waals surface area contributed by atoms with Gasteiger partial charge >= 0.3 is 0 Å². The standard InChI is InChI=1S/C14H21FN2O/c1-5-10(3)16-14(18)11(4)17-13-7-6-12(15)8-9(13)2/h6-8,10-11,17H,5H2,1-4H3,(H,16,18). The first kappa shape index (κ1) is 14.5. The Kier molecular flexibility index (Phi) is 5.13. The fraction of sp³-hybridized carbons (Fsp3) is 0.500. The third-order valence-corrected chi connectivity index (χ3v) is 2.95. The van der Waals surface area contributed by atoms with Crippen molar-refractivity contribution in [2.24, 2.45) is 0 Å². The molecule has 0 saturated heterocycles. The van der Waals surface area contributed by atoms with Crippen LogP contribution in [0.1, 0.15) is 32.8 Å². The zero-order chi connectivity index (χ0) is 13.7. The van der Waals surface area contributed by atoms with Crippen molar-refractivity contribution in [3.8, 4) is 0 Å². The highest BCUT2D eigenvalue weighted by Crippen LogP contribution is 2.16. The van der Waals surface area contributed by atoms with Crippen molar-refractivity contribution in [2.45, 2.75) is 46.2 Å². The van der Waals surface area contributed by atoms with Crippen LogP contribution in [-0.2, 0) is 4.79 Å². The molecule has 0 spiro atoms. The molecule has 0 fully saturated rings. The molecule has 0 aliphatic heterocycles. The Bertz CT molecular complexity index is 420. The number of amides is 1. The first-order valence-electron chi connectivity index (χ1n) is 6.27. The molecule has 0 aliphatic rings. The van der Waals surface area contributed by atoms with E-state index in [0.717, 1.165) is 17.7 Å². The summed E-state index contributed by atoms with van der Waals surface area (Å²) in [6, 6.07) is 4.30. The Morgan fingerprint density at radius 2 is 2.06 bits per heavy atom. The van der Waals surface area contributed by atoms with Crippen LogP contribution in [0.25, 0.3) is 0 Å². The van der Waals surface area contributed by atoms with Crippen LogP contribution >= 0.6 is 0 Å². The molecule has 2 N–H and O–H groups in total. The van der Waals surface area contributed by atoms with Gasteiger partial charge in [-0.1, -0.05) is 6.92 Å². The molecule has 0 bridgehead atoms. The van der Waals surface area contributed by atoms with E-state index in [1.54, 1.807) is 13.0 Å². The molecule has 100 valence electrons. The minimum absolute atomic E-state index is 0.0481. The molecule has 2 unspecified atom stereocenters. The molecule has 4 heteroatoms. The lowest BCUT2D eigenvalue weighted by atomic mass is 10.1. The molecule has 1 rings (SSSR count). The zero-order valence-corrected chi connectivity index (χ0v) is 11.4. The van der Waals surface area contributed by atoms with E-state index in [2.05, 4.69) is 10.6 Å². The Labute approximate surface area is 108 Å². The van der Waals surface area contributed by atoms with Gasteiger partial charge in [0.1, 0.15) is 11.9 Å². The quantitative estimate of drug-likeness (QED) is 0.846. The second kappa shape index (κ2) is 6.38. The monoisotopic (exact) mass is 252 g/mol. The van der Waals surface area contributed by atoms with Crippen LogP contribution in [0.15, 0.2) is 18.2 Å². The average Bonchev–Trinajstić information content (AvgIpc) is 2.32. The summed E-state index contributed by atoms with van der Waals surface area (Å²) >= 11 is 0. The summed E-state index contributed by atoms with van der Waals surface area (Å²) in [6.45, 7) is 7.59. The predicted molar refractivity (Wildman–Crippen MR) is 72.1 cm³/mol. The van der Waals surface area contributed by atoms with E-state index < -0.39 is 0 Å². The molecule has 18 heavy (non-hydrogen) atoms. The largest absolute Gasteiger partial charge is 0.374 e. The minimum atomic E-state index is -0.344. The van der Waals surface area contributed by atoms with Gasteiger partial charge < -0.3 is 10.6 Å². The number of carbonyl (C=O) groups excluding carboxylic acids is 1. The predicted octanol–water partition coefficient (Wildman–Crippen LogP) is 2.85. The highest BCUT2D eigenvalue weighted by atomic mass is 19.1. The van der Waals surface area contributed by atoms with E-state index in [0.29, 0.717) is 0 Å². The summed E-state index contributed by atoms with van der Waals surface area (Å²) in [5, 5.41) is 5.99. The number of rotatable bonds is 5. The maximum atomic E-state index is 13.0. The number of halogens is 1. The highest BCUT2D eigenvalue weighted by molar-refractivity contribution is 5.84. The summed E-state index contributed by atoms with van der Waals surface area (Å²) in [4.78, 5) is 11.8. The SMILES string of the molecule is CCC(C)NC(=O)C(C)Nc1ccc(F)cc1C. The Hall–Kier alpha value is -1.58. The van der Waals surface area contributed by atoms with Crippen LogP contribution in [0.5, 0.6) is 0 Å². The van der Waals surface area contributed by atoms with Crippen LogP contribution < -0.4 is 10.6 Å². The van der Waals surface area contributed by atoms with Crippen LogP contribution in [-0.4, -0.2) is 18.0 Å². The minimum Gasteiger partial charge on any atom is -0.374 e. The molecular weight excluding hydrogens is 231 g/mol. The molecule has 3 nitrogen and oxygen atoms in total. The molecular formula is C14H21FN2O. The van der Waals surface area contributed by atoms with Crippen molar-refractivity contribution in [1.29, 1.82) is 0 Å². The van der Waals surface area contributed by atoms with Gasteiger partial charge in [-0.05, 0) is 51.0 Å². The number of hydrogen-bond acceptors (Lipinski definition) is 2. The van der Waals surface area contributed by atoms with E-state index in [1.807, 2.05) is 20.8 Å². The molecule has 2 atom stereocenters. The highest BCUT2D eigenvalue weighted by Gasteiger charge is 2.15. The van der Waals surface area contributed by atoms with Crippen LogP contribution in [0.2, 0.25) is 0 Å². The molecule has 0 heterocycles. The number of carbonyl (C=O) groups is 1. The van der Waals surface area contributed by atoms with Gasteiger partial charge in [0.25, 0.3) is 0 Å². The average molecular weight is 252 g/mol. The lowest BCUT2D eigenvalue weighted by Crippen LogP contribution is -2.41. The van der Waals surface area contributed by atoms with E-state index >= 15 is 0 Å². The van der Waals surface area contributed by atoms with Gasteiger partial charge in [0.2, 0.25) is 5.91 Å². The number of aryl methyl sites for hydroxylation is 1. The summed E-state index contributed by atoms with van der Waals surface area (Å²) in [5.74, 6) is -0.317. The third kappa shape index (κ3) is 4.02. The van der Waals surface area contributed by atoms with Crippen molar-refractivity contribution >= 4 is 11.6 Å². The molecule has 1 aromatic carbocycles. The lowest BCUT2D eigenvalue weighted by molar-refractivity contribution is -0.122. The van der Waals surface area contributed by atoms with Gasteiger partial charge in [-0.15, -0.1) is 0 Å². The normalized spacial score (nSPS) is 13.8. The van der Waals surface area contributed by atoms with Gasteiger partial charge in [0.15, 0.2) is 0 Å². The molecule has 0 aliphatic carbocycles. The summed E-state index contributed by atoms with van der Waals surface area (Å²) in [6.07, 6.45) is 0.897. The van der Waals surface area contributed by atoms with Crippen molar-refractivity contribution in [1.82, 2.24) is 5.32 Å². The van der Waals surface area contributed by atoms with Gasteiger partial charge in [-0.2, -0.15) is 0 Å². The van der Waals surface area contributed by atoms with E-state index in [9.17, 15) is 9.18 Å². The molecule has 0 saturated carbocycles. The molecule has 0 aromatic heterocycles. The number of anilines is 1. The number of hydrogen-bond donors (Lipinski definition) is 2. The zero-order valence-electron chi connectivity index (χ0n) is 11.4. The number of nitrogens with one attached hydrogen (secondary N) is 2. The summed E-state index contributed by atoms with van der Waals surface area (Å²) in [5.41, 5.74) is 1.57. The van der Waals surface area contributed by atoms with Crippen LogP contribution in [0.4, 0.5) is 10.1 Å². The fourth-order valence-electron chi connectivity index (χ4n) is 1.56. The van der Waals surface area contributed by atoms with Gasteiger partial charge in [0, 0.05) is 11.7 Å². The van der Waals surface area contributed by atoms with Crippen molar-refractivity contribution < 1.29 is 9.18 Å². The van der Waals surface area contributed by atoms with E-state index in [1.165, 1.54) is 12.1 Å². The smallest absolute Gasteiger partial charge is 0.242 e. The second-order valence-electron chi connectivity index (χ2n) is 4.64. The van der Waals surface area contributed by atoms with Crippen molar-refractivity contribution in [3.05, 3.63) is 29.6 Å². The molecule has 0 radical (unpaired) electrons. The first-order chi connectivity index (χ1) is 8.43. The van der Waals surface area contributed by atoms with Crippen LogP contribution in [0, 0.1) is 12.7 Å². The van der Waals surface area contributed by atoms with Crippen molar-refractivity contribution in [3.63, 3.8) is 0 Å². The second-order valence-corrected chi connectivity index (χ2v) is 4.64. The van der Waals surface area contributed by atoms with E-state index in [4.69, 9.17) is 0 Å². The maximum absolute atomic E-state index is 13.0. The molecule has 1 aromatic rings. The lowest BCUT2D eigenvalue weighted by Gasteiger charge is -2.19. The summed E-state index contributed by atoms with van der Waals surface area (Å²) in [7, 11) is 0. The van der Waals surface area contributed by atoms with Gasteiger partial charge in [-0.3, -0.25) is 4.79 Å². The Balaban J connectivity index is 2.63. The molecule has 1 amide bonds. The summed E-state index contributed by atoms with van der Waals surface area (Å²) < 4.78 is 13.0. The van der Waals surface area contributed by atoms with Crippen LogP contribution in [0.3, 0.4) is 0 Å². The first-order valence-corrected chi connectivity index (χ1v) is 6.27. The third-order valence-electron chi connectivity index (χ3n) is 2.95. The van der Waals surface area contributed by atoms with Gasteiger partial charge in [0.05, 0.1) is 0 Å². The van der Waals surface area contributed by atoms with E-state index in [-0.39, 0.29) is 23.8 Å². The number of benzene rings is 1. The van der Waals surface area contributed by atoms with Gasteiger partial charge in [-0.25, -0.2) is 4.39 Å². The maximum Gasteiger partial charge on any atom is 0.242 e. The fourth-order valence-corrected chi connectivity index (χ4v) is 1.56.